The Morgan fingerprint density at radius 1 is 0.909 bits per heavy atom. The van der Waals surface area contributed by atoms with Crippen LogP contribution in [0.25, 0.3) is 0 Å². The summed E-state index contributed by atoms with van der Waals surface area (Å²) in [6.07, 6.45) is 2.30. The van der Waals surface area contributed by atoms with Gasteiger partial charge in [-0.3, -0.25) is 0 Å². The van der Waals surface area contributed by atoms with Crippen molar-refractivity contribution in [3.05, 3.63) is 57.6 Å². The highest BCUT2D eigenvalue weighted by atomic mass is 35.5. The van der Waals surface area contributed by atoms with Gasteiger partial charge in [0.25, 0.3) is 0 Å². The lowest BCUT2D eigenvalue weighted by molar-refractivity contribution is 0.449. The van der Waals surface area contributed by atoms with Crippen LogP contribution >= 0.6 is 23.2 Å². The lowest BCUT2D eigenvalue weighted by Gasteiger charge is -2.06. The van der Waals surface area contributed by atoms with Crippen LogP contribution in [0.4, 0.5) is 0 Å². The molecule has 6 heteroatoms. The zero-order chi connectivity index (χ0) is 16.3. The van der Waals surface area contributed by atoms with Gasteiger partial charge in [-0.1, -0.05) is 29.3 Å². The van der Waals surface area contributed by atoms with Crippen molar-refractivity contribution in [2.75, 3.05) is 0 Å². The molecule has 22 heavy (non-hydrogen) atoms. The maximum absolute atomic E-state index is 9.76. The lowest BCUT2D eigenvalue weighted by atomic mass is 10.1. The summed E-state index contributed by atoms with van der Waals surface area (Å²) in [6, 6.07) is 6.87. The summed E-state index contributed by atoms with van der Waals surface area (Å²) in [5.41, 5.74) is 1.14. The molecular weight excluding hydrogens is 327 g/mol. The Kier molecular flexibility index (Phi) is 5.06. The number of phenols is 4. The summed E-state index contributed by atoms with van der Waals surface area (Å²) >= 11 is 11.8. The van der Waals surface area contributed by atoms with Gasteiger partial charge in [0, 0.05) is 29.1 Å². The molecule has 116 valence electrons. The molecule has 4 nitrogen and oxygen atoms in total. The topological polar surface area (TPSA) is 80.9 Å². The molecule has 0 atom stereocenters. The number of benzene rings is 2. The minimum atomic E-state index is -0.114. The molecule has 0 radical (unpaired) electrons. The van der Waals surface area contributed by atoms with Gasteiger partial charge in [0.15, 0.2) is 0 Å². The summed E-state index contributed by atoms with van der Waals surface area (Å²) < 4.78 is 0. The van der Waals surface area contributed by atoms with E-state index in [2.05, 4.69) is 0 Å². The van der Waals surface area contributed by atoms with E-state index in [9.17, 15) is 20.4 Å². The molecule has 2 rings (SSSR count). The number of rotatable bonds is 4. The van der Waals surface area contributed by atoms with Crippen molar-refractivity contribution in [3.63, 3.8) is 0 Å². The van der Waals surface area contributed by atoms with E-state index < -0.39 is 0 Å². The third kappa shape index (κ3) is 4.23. The maximum Gasteiger partial charge on any atom is 0.134 e. The van der Waals surface area contributed by atoms with E-state index in [0.29, 0.717) is 29.0 Å². The van der Waals surface area contributed by atoms with Crippen molar-refractivity contribution in [2.24, 2.45) is 0 Å². The third-order valence-electron chi connectivity index (χ3n) is 3.03. The predicted molar refractivity (Wildman–Crippen MR) is 85.9 cm³/mol. The molecule has 4 N–H and O–H groups in total. The van der Waals surface area contributed by atoms with Crippen LogP contribution in [-0.2, 0) is 12.8 Å². The molecule has 0 aliphatic rings. The van der Waals surface area contributed by atoms with Gasteiger partial charge in [0.05, 0.1) is 5.02 Å². The fourth-order valence-corrected chi connectivity index (χ4v) is 2.39. The average molecular weight is 341 g/mol. The van der Waals surface area contributed by atoms with Crippen molar-refractivity contribution in [1.82, 2.24) is 0 Å². The molecule has 0 fully saturated rings. The summed E-state index contributed by atoms with van der Waals surface area (Å²) in [6.45, 7) is 0. The second-order valence-electron chi connectivity index (χ2n) is 4.82. The van der Waals surface area contributed by atoms with Gasteiger partial charge >= 0.3 is 0 Å². The van der Waals surface area contributed by atoms with E-state index in [4.69, 9.17) is 23.2 Å². The largest absolute Gasteiger partial charge is 0.508 e. The lowest BCUT2D eigenvalue weighted by Crippen LogP contribution is -1.88. The molecule has 0 saturated carbocycles. The predicted octanol–water partition coefficient (Wildman–Crippen LogP) is 4.07. The van der Waals surface area contributed by atoms with Gasteiger partial charge in [-0.05, 0) is 30.2 Å². The molecular formula is C16H14Cl2O4. The molecule has 0 aliphatic carbocycles. The normalized spacial score (nSPS) is 11.6. The first-order chi connectivity index (χ1) is 10.3. The zero-order valence-electron chi connectivity index (χ0n) is 11.4. The fraction of sp³-hybridized carbons (Fsp3) is 0.125. The second-order valence-corrected chi connectivity index (χ2v) is 5.71. The SMILES string of the molecule is Oc1cc(O)cc(C/C(Cl)=C/Cc2cc(O)c(Cl)cc2O)c1. The fourth-order valence-electron chi connectivity index (χ4n) is 2.00. The molecule has 0 heterocycles. The summed E-state index contributed by atoms with van der Waals surface area (Å²) in [7, 11) is 0. The Morgan fingerprint density at radius 3 is 2.18 bits per heavy atom. The van der Waals surface area contributed by atoms with Crippen molar-refractivity contribution in [2.45, 2.75) is 12.8 Å². The standard InChI is InChI=1S/C16H14Cl2O4/c17-11(3-9-4-12(19)7-13(20)5-9)2-1-10-6-16(22)14(18)8-15(10)21/h2,4-8,19-22H,1,3H2/b11-2-. The van der Waals surface area contributed by atoms with Gasteiger partial charge in [-0.15, -0.1) is 0 Å². The molecule has 0 bridgehead atoms. The van der Waals surface area contributed by atoms with E-state index in [1.807, 2.05) is 0 Å². The van der Waals surface area contributed by atoms with Crippen molar-refractivity contribution < 1.29 is 20.4 Å². The first kappa shape index (κ1) is 16.3. The molecule has 0 aliphatic heterocycles. The van der Waals surface area contributed by atoms with Crippen molar-refractivity contribution in [3.8, 4) is 23.0 Å². The second kappa shape index (κ2) is 6.81. The molecule has 0 spiro atoms. The zero-order valence-corrected chi connectivity index (χ0v) is 12.9. The van der Waals surface area contributed by atoms with E-state index >= 15 is 0 Å². The van der Waals surface area contributed by atoms with Crippen LogP contribution in [-0.4, -0.2) is 20.4 Å². The number of allylic oxidation sites excluding steroid dienone is 2. The van der Waals surface area contributed by atoms with Gasteiger partial charge in [-0.2, -0.15) is 0 Å². The highest BCUT2D eigenvalue weighted by Crippen LogP contribution is 2.31. The summed E-state index contributed by atoms with van der Waals surface area (Å²) in [4.78, 5) is 0. The van der Waals surface area contributed by atoms with E-state index in [1.165, 1.54) is 30.3 Å². The molecule has 0 aromatic heterocycles. The number of halogens is 2. The molecule has 2 aromatic rings. The Balaban J connectivity index is 2.11. The van der Waals surface area contributed by atoms with Crippen LogP contribution < -0.4 is 0 Å². The maximum atomic E-state index is 9.76. The minimum absolute atomic E-state index is 0.0292. The number of hydrogen-bond donors (Lipinski definition) is 4. The van der Waals surface area contributed by atoms with Gasteiger partial charge in [0.1, 0.15) is 23.0 Å². The Morgan fingerprint density at radius 2 is 1.55 bits per heavy atom. The highest BCUT2D eigenvalue weighted by Gasteiger charge is 2.07. The smallest absolute Gasteiger partial charge is 0.134 e. The van der Waals surface area contributed by atoms with Gasteiger partial charge in [-0.25, -0.2) is 0 Å². The number of phenolic OH excluding ortho intramolecular Hbond substituents is 4. The molecule has 2 aromatic carbocycles. The van der Waals surface area contributed by atoms with Gasteiger partial charge < -0.3 is 20.4 Å². The monoisotopic (exact) mass is 340 g/mol. The van der Waals surface area contributed by atoms with Crippen LogP contribution in [0.1, 0.15) is 11.1 Å². The molecule has 0 amide bonds. The van der Waals surface area contributed by atoms with Crippen LogP contribution in [0, 0.1) is 0 Å². The van der Waals surface area contributed by atoms with Crippen LogP contribution in [0.3, 0.4) is 0 Å². The minimum Gasteiger partial charge on any atom is -0.508 e. The van der Waals surface area contributed by atoms with Crippen LogP contribution in [0.15, 0.2) is 41.4 Å². The van der Waals surface area contributed by atoms with Crippen molar-refractivity contribution in [1.29, 1.82) is 0 Å². The van der Waals surface area contributed by atoms with Crippen LogP contribution in [0.2, 0.25) is 5.02 Å². The average Bonchev–Trinajstić information content (AvgIpc) is 2.40. The first-order valence-electron chi connectivity index (χ1n) is 6.42. The van der Waals surface area contributed by atoms with E-state index in [1.54, 1.807) is 6.08 Å². The summed E-state index contributed by atoms with van der Waals surface area (Å²) in [5, 5.41) is 38.7. The third-order valence-corrected chi connectivity index (χ3v) is 3.62. The van der Waals surface area contributed by atoms with Gasteiger partial charge in [0.2, 0.25) is 0 Å². The Hall–Kier alpha value is -2.04. The number of aromatic hydroxyl groups is 4. The first-order valence-corrected chi connectivity index (χ1v) is 7.17. The molecule has 0 saturated heterocycles. The highest BCUT2D eigenvalue weighted by molar-refractivity contribution is 6.32. The van der Waals surface area contributed by atoms with E-state index in [-0.39, 0.29) is 28.0 Å². The Labute approximate surface area is 137 Å². The summed E-state index contributed by atoms with van der Waals surface area (Å²) in [5.74, 6) is -0.227. The van der Waals surface area contributed by atoms with Crippen molar-refractivity contribution >= 4 is 23.2 Å². The Bertz CT molecular complexity index is 706. The number of hydrogen-bond acceptors (Lipinski definition) is 4. The van der Waals surface area contributed by atoms with E-state index in [0.717, 1.165) is 0 Å². The molecule has 0 unspecified atom stereocenters. The quantitative estimate of drug-likeness (QED) is 0.632. The van der Waals surface area contributed by atoms with Crippen LogP contribution in [0.5, 0.6) is 23.0 Å².